The van der Waals surface area contributed by atoms with Crippen LogP contribution in [-0.2, 0) is 19.1 Å². The second kappa shape index (κ2) is 5.95. The Morgan fingerprint density at radius 1 is 1.13 bits per heavy atom. The fourth-order valence-electron chi connectivity index (χ4n) is 2.42. The monoisotopic (exact) mass is 319 g/mol. The van der Waals surface area contributed by atoms with Crippen molar-refractivity contribution in [1.82, 2.24) is 4.90 Å². The molecule has 0 N–H and O–H groups in total. The zero-order valence-corrected chi connectivity index (χ0v) is 13.5. The van der Waals surface area contributed by atoms with Gasteiger partial charge < -0.3 is 4.74 Å². The fraction of sp³-hybridized carbons (Fsp3) is 0.353. The zero-order chi connectivity index (χ0) is 17.4. The van der Waals surface area contributed by atoms with E-state index >= 15 is 0 Å². The van der Waals surface area contributed by atoms with Crippen LogP contribution in [0.15, 0.2) is 29.8 Å². The molecule has 122 valence electrons. The van der Waals surface area contributed by atoms with Crippen LogP contribution in [0.2, 0.25) is 0 Å². The van der Waals surface area contributed by atoms with Gasteiger partial charge in [0, 0.05) is 5.54 Å². The number of esters is 1. The van der Waals surface area contributed by atoms with E-state index in [4.69, 9.17) is 4.74 Å². The summed E-state index contributed by atoms with van der Waals surface area (Å²) in [6, 6.07) is 5.06. The molecule has 2 rings (SSSR count). The van der Waals surface area contributed by atoms with Crippen LogP contribution in [0.3, 0.4) is 0 Å². The molecular formula is C17H18FNO4. The minimum atomic E-state index is -0.850. The largest absolute Gasteiger partial charge is 0.462 e. The Hall–Kier alpha value is -2.50. The quantitative estimate of drug-likeness (QED) is 0.487. The first kappa shape index (κ1) is 16.9. The molecule has 0 unspecified atom stereocenters. The van der Waals surface area contributed by atoms with Gasteiger partial charge in [-0.15, -0.1) is 0 Å². The molecule has 0 atom stereocenters. The van der Waals surface area contributed by atoms with Crippen molar-refractivity contribution in [2.75, 3.05) is 6.61 Å². The van der Waals surface area contributed by atoms with Crippen molar-refractivity contribution in [1.29, 1.82) is 0 Å². The molecule has 1 aliphatic heterocycles. The number of benzene rings is 1. The van der Waals surface area contributed by atoms with Crippen LogP contribution >= 0.6 is 0 Å². The molecule has 1 aliphatic rings. The average Bonchev–Trinajstić information content (AvgIpc) is 2.71. The third-order valence-electron chi connectivity index (χ3n) is 3.37. The molecule has 23 heavy (non-hydrogen) atoms. The summed E-state index contributed by atoms with van der Waals surface area (Å²) in [4.78, 5) is 38.5. The van der Waals surface area contributed by atoms with Crippen LogP contribution in [0.1, 0.15) is 33.3 Å². The van der Waals surface area contributed by atoms with E-state index in [9.17, 15) is 18.8 Å². The highest BCUT2D eigenvalue weighted by Gasteiger charge is 2.47. The summed E-state index contributed by atoms with van der Waals surface area (Å²) in [5, 5.41) is 0. The highest BCUT2D eigenvalue weighted by atomic mass is 19.1. The number of hydrogen-bond acceptors (Lipinski definition) is 4. The van der Waals surface area contributed by atoms with Gasteiger partial charge in [-0.1, -0.05) is 12.1 Å². The molecule has 0 saturated carbocycles. The maximum Gasteiger partial charge on any atom is 0.344 e. The molecule has 1 aromatic rings. The van der Waals surface area contributed by atoms with Gasteiger partial charge in [-0.05, 0) is 45.4 Å². The summed E-state index contributed by atoms with van der Waals surface area (Å²) >= 11 is 0. The van der Waals surface area contributed by atoms with Gasteiger partial charge in [0.25, 0.3) is 11.8 Å². The van der Waals surface area contributed by atoms with Crippen LogP contribution in [0.4, 0.5) is 4.39 Å². The van der Waals surface area contributed by atoms with Gasteiger partial charge in [-0.2, -0.15) is 0 Å². The van der Waals surface area contributed by atoms with Crippen LogP contribution in [0.25, 0.3) is 5.57 Å². The fourth-order valence-corrected chi connectivity index (χ4v) is 2.42. The first-order valence-electron chi connectivity index (χ1n) is 7.24. The summed E-state index contributed by atoms with van der Waals surface area (Å²) in [5.74, 6) is -2.61. The summed E-state index contributed by atoms with van der Waals surface area (Å²) < 4.78 is 18.0. The van der Waals surface area contributed by atoms with Crippen LogP contribution < -0.4 is 0 Å². The van der Waals surface area contributed by atoms with Gasteiger partial charge >= 0.3 is 5.97 Å². The molecule has 1 heterocycles. The Bertz CT molecular complexity index is 698. The van der Waals surface area contributed by atoms with Crippen molar-refractivity contribution in [3.8, 4) is 0 Å². The molecular weight excluding hydrogens is 301 g/mol. The Morgan fingerprint density at radius 3 is 2.17 bits per heavy atom. The number of halogens is 1. The zero-order valence-electron chi connectivity index (χ0n) is 13.5. The number of carbonyl (C=O) groups excluding carboxylic acids is 3. The lowest BCUT2D eigenvalue weighted by atomic mass is 10.0. The first-order chi connectivity index (χ1) is 10.7. The van der Waals surface area contributed by atoms with Crippen molar-refractivity contribution in [3.63, 3.8) is 0 Å². The van der Waals surface area contributed by atoms with Gasteiger partial charge in [0.15, 0.2) is 0 Å². The van der Waals surface area contributed by atoms with Gasteiger partial charge in [0.2, 0.25) is 0 Å². The van der Waals surface area contributed by atoms with Crippen LogP contribution in [0.5, 0.6) is 0 Å². The first-order valence-corrected chi connectivity index (χ1v) is 7.24. The minimum absolute atomic E-state index is 0.0524. The molecule has 0 spiro atoms. The molecule has 6 heteroatoms. The third kappa shape index (κ3) is 3.02. The molecule has 0 bridgehead atoms. The highest BCUT2D eigenvalue weighted by Crippen LogP contribution is 2.34. The van der Waals surface area contributed by atoms with E-state index in [1.165, 1.54) is 24.3 Å². The van der Waals surface area contributed by atoms with Crippen molar-refractivity contribution >= 4 is 23.4 Å². The van der Waals surface area contributed by atoms with Gasteiger partial charge in [-0.25, -0.2) is 9.18 Å². The lowest BCUT2D eigenvalue weighted by Gasteiger charge is -2.30. The predicted molar refractivity (Wildman–Crippen MR) is 81.6 cm³/mol. The lowest BCUT2D eigenvalue weighted by Crippen LogP contribution is -2.46. The lowest BCUT2D eigenvalue weighted by molar-refractivity contribution is -0.145. The molecule has 2 amide bonds. The molecule has 0 aliphatic carbocycles. The van der Waals surface area contributed by atoms with E-state index in [1.807, 2.05) is 0 Å². The van der Waals surface area contributed by atoms with Crippen molar-refractivity contribution < 1.29 is 23.5 Å². The molecule has 5 nitrogen and oxygen atoms in total. The number of carbonyl (C=O) groups is 3. The number of amides is 2. The van der Waals surface area contributed by atoms with Gasteiger partial charge in [-0.3, -0.25) is 14.5 Å². The van der Waals surface area contributed by atoms with E-state index < -0.39 is 29.1 Å². The maximum absolute atomic E-state index is 13.1. The van der Waals surface area contributed by atoms with E-state index in [-0.39, 0.29) is 17.8 Å². The Labute approximate surface area is 133 Å². The molecule has 1 aromatic carbocycles. The van der Waals surface area contributed by atoms with Crippen molar-refractivity contribution in [2.45, 2.75) is 33.2 Å². The van der Waals surface area contributed by atoms with E-state index in [1.54, 1.807) is 27.7 Å². The molecule has 0 radical (unpaired) electrons. The van der Waals surface area contributed by atoms with E-state index in [0.29, 0.717) is 5.56 Å². The topological polar surface area (TPSA) is 63.7 Å². The summed E-state index contributed by atoms with van der Waals surface area (Å²) in [6.07, 6.45) is 0. The van der Waals surface area contributed by atoms with Gasteiger partial charge in [0.1, 0.15) is 11.4 Å². The minimum Gasteiger partial charge on any atom is -0.462 e. The molecule has 0 aromatic heterocycles. The predicted octanol–water partition coefficient (Wildman–Crippen LogP) is 2.31. The van der Waals surface area contributed by atoms with Gasteiger partial charge in [0.05, 0.1) is 12.2 Å². The number of imide groups is 1. The number of hydrogen-bond donors (Lipinski definition) is 0. The summed E-state index contributed by atoms with van der Waals surface area (Å²) in [5.41, 5.74) is -0.852. The van der Waals surface area contributed by atoms with Crippen molar-refractivity contribution in [3.05, 3.63) is 41.2 Å². The van der Waals surface area contributed by atoms with Crippen LogP contribution in [-0.4, -0.2) is 34.8 Å². The van der Waals surface area contributed by atoms with E-state index in [2.05, 4.69) is 0 Å². The number of nitrogens with zero attached hydrogens (tertiary/aromatic N) is 1. The molecule has 0 fully saturated rings. The number of rotatable bonds is 3. The highest BCUT2D eigenvalue weighted by molar-refractivity contribution is 6.43. The average molecular weight is 319 g/mol. The smallest absolute Gasteiger partial charge is 0.344 e. The Kier molecular flexibility index (Phi) is 4.36. The normalized spacial score (nSPS) is 15.4. The SMILES string of the molecule is CCOC(=O)C1=C(c2ccc(F)cc2)C(=O)N(C(C)(C)C)C1=O. The molecule has 0 saturated heterocycles. The summed E-state index contributed by atoms with van der Waals surface area (Å²) in [7, 11) is 0. The second-order valence-electron chi connectivity index (χ2n) is 6.09. The number of ether oxygens (including phenoxy) is 1. The van der Waals surface area contributed by atoms with Crippen molar-refractivity contribution in [2.24, 2.45) is 0 Å². The maximum atomic E-state index is 13.1. The Balaban J connectivity index is 2.63. The summed E-state index contributed by atoms with van der Waals surface area (Å²) in [6.45, 7) is 6.77. The van der Waals surface area contributed by atoms with Crippen LogP contribution in [0, 0.1) is 5.82 Å². The standard InChI is InChI=1S/C17H18FNO4/c1-5-23-16(22)13-12(10-6-8-11(18)9-7-10)14(20)19(15(13)21)17(2,3)4/h6-9H,5H2,1-4H3. The third-order valence-corrected chi connectivity index (χ3v) is 3.37. The Morgan fingerprint density at radius 2 is 1.70 bits per heavy atom. The second-order valence-corrected chi connectivity index (χ2v) is 6.09. The van der Waals surface area contributed by atoms with E-state index in [0.717, 1.165) is 4.90 Å².